The van der Waals surface area contributed by atoms with Gasteiger partial charge >= 0.3 is 0 Å². The van der Waals surface area contributed by atoms with Gasteiger partial charge in [-0.05, 0) is 59.1 Å². The fourth-order valence-electron chi connectivity index (χ4n) is 3.52. The van der Waals surface area contributed by atoms with Gasteiger partial charge in [-0.15, -0.1) is 0 Å². The summed E-state index contributed by atoms with van der Waals surface area (Å²) < 4.78 is 5.49. The summed E-state index contributed by atoms with van der Waals surface area (Å²) in [6.07, 6.45) is 5.06. The van der Waals surface area contributed by atoms with Crippen molar-refractivity contribution in [1.82, 2.24) is 0 Å². The zero-order valence-corrected chi connectivity index (χ0v) is 12.3. The van der Waals surface area contributed by atoms with Crippen LogP contribution in [0.1, 0.15) is 52.3 Å². The number of ether oxygens (including phenoxy) is 1. The Morgan fingerprint density at radius 1 is 0.762 bits per heavy atom. The van der Waals surface area contributed by atoms with Crippen LogP contribution in [-0.4, -0.2) is 0 Å². The van der Waals surface area contributed by atoms with Crippen LogP contribution in [0.25, 0.3) is 0 Å². The van der Waals surface area contributed by atoms with E-state index in [2.05, 4.69) is 36.4 Å². The van der Waals surface area contributed by atoms with Crippen molar-refractivity contribution in [3.05, 3.63) is 69.8 Å². The second-order valence-electron chi connectivity index (χ2n) is 6.23. The molecule has 0 saturated carbocycles. The average Bonchev–Trinajstić information content (AvgIpc) is 3.01. The van der Waals surface area contributed by atoms with Gasteiger partial charge in [-0.25, -0.2) is 0 Å². The van der Waals surface area contributed by atoms with Gasteiger partial charge in [0.05, 0.1) is 19.3 Å². The van der Waals surface area contributed by atoms with Crippen molar-refractivity contribution < 1.29 is 4.74 Å². The maximum Gasteiger partial charge on any atom is 0.0725 e. The van der Waals surface area contributed by atoms with Gasteiger partial charge in [-0.3, -0.25) is 0 Å². The zero-order chi connectivity index (χ0) is 14.2. The molecule has 1 atom stereocenters. The molecule has 2 aromatic rings. The molecule has 2 nitrogen and oxygen atoms in total. The predicted molar refractivity (Wildman–Crippen MR) is 84.0 cm³/mol. The lowest BCUT2D eigenvalue weighted by Gasteiger charge is -2.20. The normalized spacial score (nSPS) is 18.1. The molecular weight excluding hydrogens is 258 g/mol. The van der Waals surface area contributed by atoms with Gasteiger partial charge in [-0.2, -0.15) is 0 Å². The molecule has 2 aliphatic rings. The van der Waals surface area contributed by atoms with E-state index in [-0.39, 0.29) is 6.04 Å². The molecule has 1 aliphatic heterocycles. The summed E-state index contributed by atoms with van der Waals surface area (Å²) in [6, 6.07) is 13.3. The fourth-order valence-corrected chi connectivity index (χ4v) is 3.52. The summed E-state index contributed by atoms with van der Waals surface area (Å²) in [5, 5.41) is 0. The van der Waals surface area contributed by atoms with Crippen LogP contribution in [0.5, 0.6) is 0 Å². The molecule has 2 aromatic carbocycles. The molecule has 1 aliphatic carbocycles. The lowest BCUT2D eigenvalue weighted by molar-refractivity contribution is 0.134. The van der Waals surface area contributed by atoms with Gasteiger partial charge in [0, 0.05) is 0 Å². The molecule has 21 heavy (non-hydrogen) atoms. The van der Waals surface area contributed by atoms with E-state index in [1.165, 1.54) is 59.1 Å². The second kappa shape index (κ2) is 5.28. The Kier molecular flexibility index (Phi) is 3.28. The van der Waals surface area contributed by atoms with E-state index < -0.39 is 0 Å². The highest BCUT2D eigenvalue weighted by Crippen LogP contribution is 2.29. The van der Waals surface area contributed by atoms with Crippen molar-refractivity contribution in [2.75, 3.05) is 0 Å². The zero-order valence-electron chi connectivity index (χ0n) is 12.3. The van der Waals surface area contributed by atoms with Crippen LogP contribution in [-0.2, 0) is 30.8 Å². The summed E-state index contributed by atoms with van der Waals surface area (Å²) in [7, 11) is 0. The number of hydrogen-bond donors (Lipinski definition) is 1. The van der Waals surface area contributed by atoms with E-state index in [1.54, 1.807) is 0 Å². The van der Waals surface area contributed by atoms with Gasteiger partial charge < -0.3 is 10.5 Å². The number of rotatable bonds is 2. The second-order valence-corrected chi connectivity index (χ2v) is 6.23. The molecule has 1 heterocycles. The standard InChI is InChI=1S/C19H21NO/c20-19(16-7-8-17-11-21-12-18(17)10-16)15-6-5-13-3-1-2-4-14(13)9-15/h5-10,19H,1-4,11-12,20H2. The molecule has 0 fully saturated rings. The van der Waals surface area contributed by atoms with Crippen molar-refractivity contribution in [3.8, 4) is 0 Å². The Balaban J connectivity index is 1.66. The largest absolute Gasteiger partial charge is 0.372 e. The highest BCUT2D eigenvalue weighted by Gasteiger charge is 2.17. The minimum atomic E-state index is -0.0388. The maximum absolute atomic E-state index is 6.50. The number of fused-ring (bicyclic) bond motifs is 2. The Bertz CT molecular complexity index is 677. The predicted octanol–water partition coefficient (Wildman–Crippen LogP) is 3.64. The molecule has 0 saturated heterocycles. The lowest BCUT2D eigenvalue weighted by Crippen LogP contribution is -2.14. The van der Waals surface area contributed by atoms with Crippen molar-refractivity contribution in [1.29, 1.82) is 0 Å². The SMILES string of the molecule is NC(c1ccc2c(c1)CCCC2)c1ccc2c(c1)COC2. The molecular formula is C19H21NO. The van der Waals surface area contributed by atoms with E-state index in [9.17, 15) is 0 Å². The number of hydrogen-bond acceptors (Lipinski definition) is 2. The van der Waals surface area contributed by atoms with Crippen LogP contribution in [0.15, 0.2) is 36.4 Å². The van der Waals surface area contributed by atoms with Gasteiger partial charge in [0.1, 0.15) is 0 Å². The van der Waals surface area contributed by atoms with Crippen molar-refractivity contribution >= 4 is 0 Å². The minimum Gasteiger partial charge on any atom is -0.372 e. The summed E-state index contributed by atoms with van der Waals surface area (Å²) in [5.74, 6) is 0. The third-order valence-electron chi connectivity index (χ3n) is 4.84. The molecule has 0 bridgehead atoms. The number of nitrogens with two attached hydrogens (primary N) is 1. The Hall–Kier alpha value is -1.64. The summed E-state index contributed by atoms with van der Waals surface area (Å²) in [6.45, 7) is 1.46. The first-order chi connectivity index (χ1) is 10.3. The van der Waals surface area contributed by atoms with Crippen LogP contribution < -0.4 is 5.73 Å². The Labute approximate surface area is 125 Å². The van der Waals surface area contributed by atoms with E-state index in [1.807, 2.05) is 0 Å². The van der Waals surface area contributed by atoms with Crippen molar-refractivity contribution in [2.24, 2.45) is 5.73 Å². The number of benzene rings is 2. The van der Waals surface area contributed by atoms with Gasteiger partial charge in [0.15, 0.2) is 0 Å². The Morgan fingerprint density at radius 3 is 2.19 bits per heavy atom. The van der Waals surface area contributed by atoms with E-state index in [4.69, 9.17) is 10.5 Å². The molecule has 2 heteroatoms. The minimum absolute atomic E-state index is 0.0388. The van der Waals surface area contributed by atoms with Crippen molar-refractivity contribution in [3.63, 3.8) is 0 Å². The van der Waals surface area contributed by atoms with E-state index in [0.717, 1.165) is 13.2 Å². The van der Waals surface area contributed by atoms with Gasteiger partial charge in [-0.1, -0.05) is 36.4 Å². The monoisotopic (exact) mass is 279 g/mol. The molecule has 1 unspecified atom stereocenters. The molecule has 4 rings (SSSR count). The summed E-state index contributed by atoms with van der Waals surface area (Å²) in [5.41, 5.74) is 14.5. The molecule has 108 valence electrons. The van der Waals surface area contributed by atoms with Crippen molar-refractivity contribution in [2.45, 2.75) is 44.9 Å². The fraction of sp³-hybridized carbons (Fsp3) is 0.368. The van der Waals surface area contributed by atoms with Crippen LogP contribution in [0, 0.1) is 0 Å². The topological polar surface area (TPSA) is 35.2 Å². The summed E-state index contributed by atoms with van der Waals surface area (Å²) >= 11 is 0. The molecule has 0 amide bonds. The van der Waals surface area contributed by atoms with E-state index >= 15 is 0 Å². The maximum atomic E-state index is 6.50. The highest BCUT2D eigenvalue weighted by molar-refractivity contribution is 5.41. The van der Waals surface area contributed by atoms with E-state index in [0.29, 0.717) is 0 Å². The van der Waals surface area contributed by atoms with Gasteiger partial charge in [0.25, 0.3) is 0 Å². The molecule has 0 aromatic heterocycles. The van der Waals surface area contributed by atoms with Crippen LogP contribution in [0.3, 0.4) is 0 Å². The lowest BCUT2D eigenvalue weighted by atomic mass is 9.88. The molecule has 2 N–H and O–H groups in total. The first-order valence-corrected chi connectivity index (χ1v) is 7.88. The quantitative estimate of drug-likeness (QED) is 0.911. The third-order valence-corrected chi connectivity index (χ3v) is 4.84. The van der Waals surface area contributed by atoms with Crippen LogP contribution in [0.2, 0.25) is 0 Å². The average molecular weight is 279 g/mol. The third kappa shape index (κ3) is 2.39. The first kappa shape index (κ1) is 13.1. The molecule has 0 radical (unpaired) electrons. The Morgan fingerprint density at radius 2 is 1.38 bits per heavy atom. The first-order valence-electron chi connectivity index (χ1n) is 7.88. The summed E-state index contributed by atoms with van der Waals surface area (Å²) in [4.78, 5) is 0. The van der Waals surface area contributed by atoms with Crippen LogP contribution >= 0.6 is 0 Å². The number of aryl methyl sites for hydroxylation is 2. The van der Waals surface area contributed by atoms with Gasteiger partial charge in [0.2, 0.25) is 0 Å². The van der Waals surface area contributed by atoms with Crippen LogP contribution in [0.4, 0.5) is 0 Å². The molecule has 0 spiro atoms. The highest BCUT2D eigenvalue weighted by atomic mass is 16.5. The smallest absolute Gasteiger partial charge is 0.0725 e.